The van der Waals surface area contributed by atoms with Crippen LogP contribution in [-0.4, -0.2) is 17.3 Å². The second kappa shape index (κ2) is 5.17. The number of aliphatic hydroxyl groups excluding tert-OH is 1. The molecule has 0 aliphatic heterocycles. The lowest BCUT2D eigenvalue weighted by Crippen LogP contribution is -2.32. The van der Waals surface area contributed by atoms with Crippen molar-refractivity contribution in [3.63, 3.8) is 0 Å². The number of rotatable bonds is 2. The van der Waals surface area contributed by atoms with E-state index in [4.69, 9.17) is 0 Å². The van der Waals surface area contributed by atoms with Gasteiger partial charge in [0.15, 0.2) is 0 Å². The predicted octanol–water partition coefficient (Wildman–Crippen LogP) is 2.79. The maximum Gasteiger partial charge on any atom is 0.0741 e. The van der Waals surface area contributed by atoms with E-state index in [9.17, 15) is 5.11 Å². The van der Waals surface area contributed by atoms with Crippen molar-refractivity contribution in [2.24, 2.45) is 0 Å². The van der Waals surface area contributed by atoms with Crippen LogP contribution in [0.2, 0.25) is 0 Å². The Kier molecular flexibility index (Phi) is 3.62. The number of para-hydroxylation sites is 1. The molecule has 0 bridgehead atoms. The van der Waals surface area contributed by atoms with Crippen LogP contribution in [0.1, 0.15) is 32.1 Å². The van der Waals surface area contributed by atoms with Gasteiger partial charge in [0.25, 0.3) is 0 Å². The maximum atomic E-state index is 9.95. The summed E-state index contributed by atoms with van der Waals surface area (Å²) in [4.78, 5) is 0. The average Bonchev–Trinajstić information content (AvgIpc) is 2.46. The van der Waals surface area contributed by atoms with Crippen LogP contribution in [0.5, 0.6) is 0 Å². The molecule has 1 aliphatic rings. The van der Waals surface area contributed by atoms with Crippen molar-refractivity contribution in [1.29, 1.82) is 0 Å². The van der Waals surface area contributed by atoms with Crippen LogP contribution < -0.4 is 5.32 Å². The van der Waals surface area contributed by atoms with E-state index >= 15 is 0 Å². The quantitative estimate of drug-likeness (QED) is 0.728. The third-order valence-corrected chi connectivity index (χ3v) is 3.11. The van der Waals surface area contributed by atoms with E-state index < -0.39 is 0 Å². The summed E-state index contributed by atoms with van der Waals surface area (Å²) in [5.41, 5.74) is 1.11. The van der Waals surface area contributed by atoms with Crippen molar-refractivity contribution in [2.45, 2.75) is 44.2 Å². The Hall–Kier alpha value is -1.02. The fourth-order valence-electron chi connectivity index (χ4n) is 2.20. The van der Waals surface area contributed by atoms with Gasteiger partial charge in [0.1, 0.15) is 0 Å². The Morgan fingerprint density at radius 3 is 2.53 bits per heavy atom. The normalized spacial score (nSPS) is 27.0. The monoisotopic (exact) mass is 205 g/mol. The molecule has 0 saturated heterocycles. The van der Waals surface area contributed by atoms with Crippen LogP contribution in [0.3, 0.4) is 0 Å². The smallest absolute Gasteiger partial charge is 0.0741 e. The van der Waals surface area contributed by atoms with Crippen molar-refractivity contribution in [1.82, 2.24) is 0 Å². The predicted molar refractivity (Wildman–Crippen MR) is 62.9 cm³/mol. The van der Waals surface area contributed by atoms with Crippen molar-refractivity contribution < 1.29 is 5.11 Å². The number of nitrogens with one attached hydrogen (secondary N) is 1. The minimum absolute atomic E-state index is 0.187. The first kappa shape index (κ1) is 10.5. The van der Waals surface area contributed by atoms with E-state index in [2.05, 4.69) is 17.4 Å². The molecule has 0 heterocycles. The number of hydrogen-bond acceptors (Lipinski definition) is 2. The molecule has 0 unspecified atom stereocenters. The van der Waals surface area contributed by atoms with Crippen LogP contribution >= 0.6 is 0 Å². The summed E-state index contributed by atoms with van der Waals surface area (Å²) < 4.78 is 0. The van der Waals surface area contributed by atoms with Crippen molar-refractivity contribution in [3.05, 3.63) is 30.3 Å². The first-order chi connectivity index (χ1) is 7.36. The maximum absolute atomic E-state index is 9.95. The molecule has 2 atom stereocenters. The highest BCUT2D eigenvalue weighted by Gasteiger charge is 2.20. The molecule has 0 amide bonds. The Morgan fingerprint density at radius 2 is 1.73 bits per heavy atom. The largest absolute Gasteiger partial charge is 0.391 e. The summed E-state index contributed by atoms with van der Waals surface area (Å²) in [6, 6.07) is 10.4. The lowest BCUT2D eigenvalue weighted by atomic mass is 10.1. The number of hydrogen-bond donors (Lipinski definition) is 2. The first-order valence-electron chi connectivity index (χ1n) is 5.86. The zero-order chi connectivity index (χ0) is 10.5. The summed E-state index contributed by atoms with van der Waals surface area (Å²) in [5, 5.41) is 13.4. The van der Waals surface area contributed by atoms with Gasteiger partial charge in [-0.2, -0.15) is 0 Å². The second-order valence-corrected chi connectivity index (χ2v) is 4.32. The molecule has 1 saturated carbocycles. The van der Waals surface area contributed by atoms with Crippen LogP contribution in [-0.2, 0) is 0 Å². The van der Waals surface area contributed by atoms with E-state index in [1.807, 2.05) is 18.2 Å². The number of benzene rings is 1. The fourth-order valence-corrected chi connectivity index (χ4v) is 2.20. The Labute approximate surface area is 91.3 Å². The van der Waals surface area contributed by atoms with Crippen LogP contribution in [0.15, 0.2) is 30.3 Å². The molecule has 1 aromatic rings. The molecule has 0 aromatic heterocycles. The molecule has 1 aromatic carbocycles. The summed E-state index contributed by atoms with van der Waals surface area (Å²) in [6.07, 6.45) is 5.47. The molecule has 2 heteroatoms. The van der Waals surface area contributed by atoms with E-state index in [-0.39, 0.29) is 12.1 Å². The van der Waals surface area contributed by atoms with Crippen molar-refractivity contribution in [2.75, 3.05) is 5.32 Å². The van der Waals surface area contributed by atoms with Gasteiger partial charge in [-0.05, 0) is 25.0 Å². The molecule has 82 valence electrons. The Morgan fingerprint density at radius 1 is 1.00 bits per heavy atom. The van der Waals surface area contributed by atoms with Gasteiger partial charge < -0.3 is 10.4 Å². The van der Waals surface area contributed by atoms with Gasteiger partial charge in [-0.3, -0.25) is 0 Å². The highest BCUT2D eigenvalue weighted by molar-refractivity contribution is 5.43. The molecule has 2 rings (SSSR count). The molecule has 2 N–H and O–H groups in total. The average molecular weight is 205 g/mol. The van der Waals surface area contributed by atoms with E-state index in [0.29, 0.717) is 0 Å². The molecule has 0 spiro atoms. The van der Waals surface area contributed by atoms with Crippen molar-refractivity contribution >= 4 is 5.69 Å². The van der Waals surface area contributed by atoms with Gasteiger partial charge in [-0.25, -0.2) is 0 Å². The van der Waals surface area contributed by atoms with Crippen LogP contribution in [0, 0.1) is 0 Å². The van der Waals surface area contributed by atoms with E-state index in [1.165, 1.54) is 12.8 Å². The SMILES string of the molecule is O[C@@H]1CCCCC[C@H]1Nc1ccccc1. The Bertz CT molecular complexity index is 286. The summed E-state index contributed by atoms with van der Waals surface area (Å²) in [5.74, 6) is 0. The molecular weight excluding hydrogens is 186 g/mol. The molecule has 1 fully saturated rings. The molecule has 2 nitrogen and oxygen atoms in total. The van der Waals surface area contributed by atoms with Gasteiger partial charge in [-0.15, -0.1) is 0 Å². The van der Waals surface area contributed by atoms with Crippen molar-refractivity contribution in [3.8, 4) is 0 Å². The van der Waals surface area contributed by atoms with E-state index in [0.717, 1.165) is 24.9 Å². The van der Waals surface area contributed by atoms with Gasteiger partial charge >= 0.3 is 0 Å². The van der Waals surface area contributed by atoms with Gasteiger partial charge in [0, 0.05) is 5.69 Å². The van der Waals surface area contributed by atoms with E-state index in [1.54, 1.807) is 0 Å². The van der Waals surface area contributed by atoms with Crippen LogP contribution in [0.4, 0.5) is 5.69 Å². The van der Waals surface area contributed by atoms with Gasteiger partial charge in [0.05, 0.1) is 12.1 Å². The molecule has 1 aliphatic carbocycles. The zero-order valence-corrected chi connectivity index (χ0v) is 9.02. The van der Waals surface area contributed by atoms with Crippen LogP contribution in [0.25, 0.3) is 0 Å². The second-order valence-electron chi connectivity index (χ2n) is 4.32. The lowest BCUT2D eigenvalue weighted by molar-refractivity contribution is 0.144. The first-order valence-corrected chi connectivity index (χ1v) is 5.86. The zero-order valence-electron chi connectivity index (χ0n) is 9.02. The number of aliphatic hydroxyl groups is 1. The molecule has 0 radical (unpaired) electrons. The highest BCUT2D eigenvalue weighted by atomic mass is 16.3. The van der Waals surface area contributed by atoms with Gasteiger partial charge in [-0.1, -0.05) is 37.5 Å². The Balaban J connectivity index is 1.97. The minimum Gasteiger partial charge on any atom is -0.391 e. The lowest BCUT2D eigenvalue weighted by Gasteiger charge is -2.22. The standard InChI is InChI=1S/C13H19NO/c15-13-10-6-2-5-9-12(13)14-11-7-3-1-4-8-11/h1,3-4,7-8,12-15H,2,5-6,9-10H2/t12-,13-/m1/s1. The third kappa shape index (κ3) is 2.96. The summed E-state index contributed by atoms with van der Waals surface area (Å²) >= 11 is 0. The minimum atomic E-state index is -0.187. The summed E-state index contributed by atoms with van der Waals surface area (Å²) in [6.45, 7) is 0. The number of anilines is 1. The highest BCUT2D eigenvalue weighted by Crippen LogP contribution is 2.21. The third-order valence-electron chi connectivity index (χ3n) is 3.11. The fraction of sp³-hybridized carbons (Fsp3) is 0.538. The molecular formula is C13H19NO. The molecule has 15 heavy (non-hydrogen) atoms. The van der Waals surface area contributed by atoms with Gasteiger partial charge in [0.2, 0.25) is 0 Å². The topological polar surface area (TPSA) is 32.3 Å². The summed E-state index contributed by atoms with van der Waals surface area (Å²) in [7, 11) is 0.